The van der Waals surface area contributed by atoms with E-state index < -0.39 is 17.7 Å². The maximum atomic E-state index is 11.7. The number of aliphatic hydroxyl groups is 1. The van der Waals surface area contributed by atoms with Crippen molar-refractivity contribution in [3.05, 3.63) is 29.3 Å². The topological polar surface area (TPSA) is 63.6 Å². The van der Waals surface area contributed by atoms with Crippen LogP contribution >= 0.6 is 0 Å². The number of hydrogen-bond donors (Lipinski definition) is 1. The molecule has 4 heteroatoms. The Morgan fingerprint density at radius 2 is 1.67 bits per heavy atom. The fourth-order valence-corrected chi connectivity index (χ4v) is 2.52. The Balaban J connectivity index is 1.81. The van der Waals surface area contributed by atoms with E-state index in [9.17, 15) is 14.7 Å². The fraction of sp³-hybridized carbons (Fsp3) is 0.529. The minimum atomic E-state index is -1.53. The number of hydrogen-bond acceptors (Lipinski definition) is 4. The molecule has 1 unspecified atom stereocenters. The van der Waals surface area contributed by atoms with Crippen LogP contribution in [0, 0.1) is 0 Å². The molecule has 1 N–H and O–H groups in total. The minimum Gasteiger partial charge on any atom is -0.494 e. The zero-order valence-electron chi connectivity index (χ0n) is 12.4. The van der Waals surface area contributed by atoms with Gasteiger partial charge in [0.25, 0.3) is 0 Å². The molecule has 1 aliphatic rings. The van der Waals surface area contributed by atoms with Crippen molar-refractivity contribution in [1.29, 1.82) is 0 Å². The van der Waals surface area contributed by atoms with Crippen LogP contribution in [-0.4, -0.2) is 29.4 Å². The molecule has 0 fully saturated rings. The van der Waals surface area contributed by atoms with Gasteiger partial charge in [0.1, 0.15) is 5.75 Å². The standard InChI is InChI=1S/C17H22O4/c1-2-3-4-5-6-7-10-21-12-8-9-13-14(11-12)16(19)17(20)15(13)18/h8-9,11,17,20H,2-7,10H2,1H3. The lowest BCUT2D eigenvalue weighted by Crippen LogP contribution is -2.20. The highest BCUT2D eigenvalue weighted by Gasteiger charge is 2.37. The molecule has 0 aliphatic heterocycles. The van der Waals surface area contributed by atoms with Crippen LogP contribution in [0.3, 0.4) is 0 Å². The number of carbonyl (C=O) groups excluding carboxylic acids is 2. The van der Waals surface area contributed by atoms with Gasteiger partial charge < -0.3 is 9.84 Å². The van der Waals surface area contributed by atoms with E-state index in [1.807, 2.05) is 0 Å². The molecule has 0 saturated heterocycles. The van der Waals surface area contributed by atoms with Crippen molar-refractivity contribution in [3.8, 4) is 5.75 Å². The number of ether oxygens (including phenoxy) is 1. The largest absolute Gasteiger partial charge is 0.494 e. The fourth-order valence-electron chi connectivity index (χ4n) is 2.52. The number of fused-ring (bicyclic) bond motifs is 1. The second-order valence-electron chi connectivity index (χ2n) is 5.45. The number of rotatable bonds is 8. The number of ketones is 2. The van der Waals surface area contributed by atoms with Gasteiger partial charge in [0.2, 0.25) is 0 Å². The number of aliphatic hydroxyl groups excluding tert-OH is 1. The van der Waals surface area contributed by atoms with Gasteiger partial charge in [0.15, 0.2) is 17.7 Å². The molecule has 1 aromatic rings. The van der Waals surface area contributed by atoms with Crippen LogP contribution in [0.4, 0.5) is 0 Å². The van der Waals surface area contributed by atoms with E-state index in [1.165, 1.54) is 25.7 Å². The summed E-state index contributed by atoms with van der Waals surface area (Å²) in [6, 6.07) is 4.80. The lowest BCUT2D eigenvalue weighted by molar-refractivity contribution is 0.0663. The molecule has 21 heavy (non-hydrogen) atoms. The summed E-state index contributed by atoms with van der Waals surface area (Å²) in [6.45, 7) is 2.80. The number of benzene rings is 1. The molecule has 1 aliphatic carbocycles. The van der Waals surface area contributed by atoms with Crippen LogP contribution in [0.15, 0.2) is 18.2 Å². The summed E-state index contributed by atoms with van der Waals surface area (Å²) < 4.78 is 5.61. The minimum absolute atomic E-state index is 0.271. The summed E-state index contributed by atoms with van der Waals surface area (Å²) in [5.41, 5.74) is 0.562. The van der Waals surface area contributed by atoms with Crippen molar-refractivity contribution >= 4 is 11.6 Å². The van der Waals surface area contributed by atoms with Crippen LogP contribution in [-0.2, 0) is 0 Å². The van der Waals surface area contributed by atoms with Gasteiger partial charge in [0.05, 0.1) is 6.61 Å². The molecular formula is C17H22O4. The Labute approximate surface area is 125 Å². The molecule has 1 aromatic carbocycles. The van der Waals surface area contributed by atoms with Gasteiger partial charge in [-0.05, 0) is 24.6 Å². The molecule has 0 aromatic heterocycles. The summed E-state index contributed by atoms with van der Waals surface area (Å²) in [4.78, 5) is 23.3. The van der Waals surface area contributed by atoms with E-state index in [4.69, 9.17) is 4.74 Å². The van der Waals surface area contributed by atoms with Crippen molar-refractivity contribution in [2.75, 3.05) is 6.61 Å². The highest BCUT2D eigenvalue weighted by atomic mass is 16.5. The molecule has 0 saturated carbocycles. The second kappa shape index (κ2) is 7.36. The van der Waals surface area contributed by atoms with Gasteiger partial charge in [-0.2, -0.15) is 0 Å². The van der Waals surface area contributed by atoms with E-state index in [1.54, 1.807) is 18.2 Å². The average Bonchev–Trinajstić information content (AvgIpc) is 2.71. The van der Waals surface area contributed by atoms with Crippen LogP contribution in [0.2, 0.25) is 0 Å². The van der Waals surface area contributed by atoms with Crippen LogP contribution < -0.4 is 4.74 Å². The maximum absolute atomic E-state index is 11.7. The summed E-state index contributed by atoms with van der Waals surface area (Å²) in [5, 5.41) is 9.46. The lowest BCUT2D eigenvalue weighted by atomic mass is 10.1. The highest BCUT2D eigenvalue weighted by Crippen LogP contribution is 2.26. The third kappa shape index (κ3) is 3.70. The molecule has 1 atom stereocenters. The summed E-state index contributed by atoms with van der Waals surface area (Å²) in [6.07, 6.45) is 5.60. The van der Waals surface area contributed by atoms with Gasteiger partial charge in [0, 0.05) is 11.1 Å². The second-order valence-corrected chi connectivity index (χ2v) is 5.45. The van der Waals surface area contributed by atoms with Crippen LogP contribution in [0.25, 0.3) is 0 Å². The van der Waals surface area contributed by atoms with E-state index in [0.717, 1.165) is 12.8 Å². The van der Waals surface area contributed by atoms with Crippen LogP contribution in [0.1, 0.15) is 66.2 Å². The third-order valence-electron chi connectivity index (χ3n) is 3.79. The molecule has 0 spiro atoms. The normalized spacial score (nSPS) is 17.1. The van der Waals surface area contributed by atoms with E-state index >= 15 is 0 Å². The zero-order valence-corrected chi connectivity index (χ0v) is 12.4. The Morgan fingerprint density at radius 3 is 2.43 bits per heavy atom. The molecule has 0 amide bonds. The number of Topliss-reactive ketones (excluding diaryl/α,β-unsaturated/α-hetero) is 2. The van der Waals surface area contributed by atoms with E-state index in [0.29, 0.717) is 17.9 Å². The third-order valence-corrected chi connectivity index (χ3v) is 3.79. The van der Waals surface area contributed by atoms with Gasteiger partial charge in [-0.3, -0.25) is 9.59 Å². The lowest BCUT2D eigenvalue weighted by Gasteiger charge is -2.07. The summed E-state index contributed by atoms with van der Waals surface area (Å²) >= 11 is 0. The zero-order chi connectivity index (χ0) is 15.2. The molecule has 0 heterocycles. The highest BCUT2D eigenvalue weighted by molar-refractivity contribution is 6.28. The molecule has 4 nitrogen and oxygen atoms in total. The number of unbranched alkanes of at least 4 members (excludes halogenated alkanes) is 5. The smallest absolute Gasteiger partial charge is 0.200 e. The first kappa shape index (κ1) is 15.7. The average molecular weight is 290 g/mol. The summed E-state index contributed by atoms with van der Waals surface area (Å²) in [5.74, 6) is -0.463. The van der Waals surface area contributed by atoms with Gasteiger partial charge in [-0.25, -0.2) is 0 Å². The van der Waals surface area contributed by atoms with Crippen molar-refractivity contribution < 1.29 is 19.4 Å². The van der Waals surface area contributed by atoms with E-state index in [2.05, 4.69) is 6.92 Å². The molecular weight excluding hydrogens is 268 g/mol. The summed E-state index contributed by atoms with van der Waals surface area (Å²) in [7, 11) is 0. The van der Waals surface area contributed by atoms with Gasteiger partial charge in [-0.15, -0.1) is 0 Å². The van der Waals surface area contributed by atoms with E-state index in [-0.39, 0.29) is 5.56 Å². The Kier molecular flexibility index (Phi) is 5.51. The first-order chi connectivity index (χ1) is 10.1. The number of carbonyl (C=O) groups is 2. The predicted molar refractivity (Wildman–Crippen MR) is 80.0 cm³/mol. The predicted octanol–water partition coefficient (Wildman–Crippen LogP) is 3.17. The van der Waals surface area contributed by atoms with Crippen molar-refractivity contribution in [2.45, 2.75) is 51.6 Å². The van der Waals surface area contributed by atoms with Crippen molar-refractivity contribution in [3.63, 3.8) is 0 Å². The first-order valence-corrected chi connectivity index (χ1v) is 7.68. The SMILES string of the molecule is CCCCCCCCOc1ccc2c(c1)C(=O)C(O)C2=O. The first-order valence-electron chi connectivity index (χ1n) is 7.68. The maximum Gasteiger partial charge on any atom is 0.200 e. The molecule has 114 valence electrons. The Hall–Kier alpha value is -1.68. The Bertz CT molecular complexity index is 522. The Morgan fingerprint density at radius 1 is 1.00 bits per heavy atom. The van der Waals surface area contributed by atoms with Gasteiger partial charge >= 0.3 is 0 Å². The van der Waals surface area contributed by atoms with Crippen LogP contribution in [0.5, 0.6) is 5.75 Å². The van der Waals surface area contributed by atoms with Crippen molar-refractivity contribution in [2.24, 2.45) is 0 Å². The molecule has 0 bridgehead atoms. The van der Waals surface area contributed by atoms with Crippen molar-refractivity contribution in [1.82, 2.24) is 0 Å². The quantitative estimate of drug-likeness (QED) is 0.590. The monoisotopic (exact) mass is 290 g/mol. The molecule has 2 rings (SSSR count). The molecule has 0 radical (unpaired) electrons. The van der Waals surface area contributed by atoms with Gasteiger partial charge in [-0.1, -0.05) is 39.0 Å².